The number of para-hydroxylation sites is 1. The summed E-state index contributed by atoms with van der Waals surface area (Å²) in [6.07, 6.45) is 0. The van der Waals surface area contributed by atoms with Crippen LogP contribution in [0.1, 0.15) is 0 Å². The fraction of sp³-hybridized carbons (Fsp3) is 0. The molecule has 4 aromatic rings. The highest BCUT2D eigenvalue weighted by atomic mass is 15.3. The van der Waals surface area contributed by atoms with Crippen molar-refractivity contribution in [3.63, 3.8) is 0 Å². The summed E-state index contributed by atoms with van der Waals surface area (Å²) >= 11 is 0. The zero-order chi connectivity index (χ0) is 16.4. The molecule has 0 fully saturated rings. The molecule has 4 rings (SSSR count). The first-order valence-electron chi connectivity index (χ1n) is 7.89. The van der Waals surface area contributed by atoms with Crippen molar-refractivity contribution in [2.45, 2.75) is 0 Å². The van der Waals surface area contributed by atoms with Crippen LogP contribution in [0.25, 0.3) is 28.1 Å². The van der Waals surface area contributed by atoms with Crippen molar-refractivity contribution in [1.29, 1.82) is 0 Å². The summed E-state index contributed by atoms with van der Waals surface area (Å²) in [4.78, 5) is 0. The van der Waals surface area contributed by atoms with Crippen LogP contribution in [0, 0.1) is 0 Å². The van der Waals surface area contributed by atoms with Crippen LogP contribution in [0.3, 0.4) is 0 Å². The molecule has 0 unspecified atom stereocenters. The molecule has 1 aromatic heterocycles. The Kier molecular flexibility index (Phi) is 3.60. The number of nitrogens with zero attached hydrogens (tertiary/aromatic N) is 2. The lowest BCUT2D eigenvalue weighted by atomic mass is 10.0. The Morgan fingerprint density at radius 2 is 1.12 bits per heavy atom. The number of anilines is 1. The Balaban J connectivity index is 1.99. The largest absolute Gasteiger partial charge is 0.383 e. The van der Waals surface area contributed by atoms with Gasteiger partial charge in [-0.2, -0.15) is 5.10 Å². The Labute approximate surface area is 141 Å². The van der Waals surface area contributed by atoms with E-state index in [2.05, 4.69) is 24.3 Å². The molecule has 0 radical (unpaired) electrons. The van der Waals surface area contributed by atoms with Crippen molar-refractivity contribution in [1.82, 2.24) is 9.78 Å². The molecule has 0 amide bonds. The van der Waals surface area contributed by atoms with Gasteiger partial charge in [0, 0.05) is 5.56 Å². The first-order valence-corrected chi connectivity index (χ1v) is 7.89. The Morgan fingerprint density at radius 3 is 1.71 bits per heavy atom. The highest BCUT2D eigenvalue weighted by Crippen LogP contribution is 2.37. The van der Waals surface area contributed by atoms with Gasteiger partial charge in [-0.3, -0.25) is 0 Å². The lowest BCUT2D eigenvalue weighted by molar-refractivity contribution is 0.895. The van der Waals surface area contributed by atoms with E-state index in [0.29, 0.717) is 5.82 Å². The number of benzene rings is 3. The maximum Gasteiger partial charge on any atom is 0.135 e. The zero-order valence-corrected chi connectivity index (χ0v) is 13.1. The maximum atomic E-state index is 6.51. The van der Waals surface area contributed by atoms with E-state index in [0.717, 1.165) is 28.1 Å². The lowest BCUT2D eigenvalue weighted by Gasteiger charge is -2.05. The summed E-state index contributed by atoms with van der Waals surface area (Å²) in [6, 6.07) is 30.3. The summed E-state index contributed by atoms with van der Waals surface area (Å²) < 4.78 is 1.81. The van der Waals surface area contributed by atoms with Crippen LogP contribution in [0.4, 0.5) is 5.82 Å². The molecule has 3 nitrogen and oxygen atoms in total. The SMILES string of the molecule is Nc1c(-c2ccccc2)c(-c2ccccc2)nn1-c1ccccc1. The summed E-state index contributed by atoms with van der Waals surface area (Å²) in [7, 11) is 0. The average Bonchev–Trinajstić information content (AvgIpc) is 3.01. The van der Waals surface area contributed by atoms with Crippen LogP contribution < -0.4 is 5.73 Å². The minimum absolute atomic E-state index is 0.645. The second-order valence-corrected chi connectivity index (χ2v) is 5.59. The molecule has 0 aliphatic carbocycles. The molecule has 0 aliphatic rings. The third-order valence-corrected chi connectivity index (χ3v) is 4.03. The molecule has 2 N–H and O–H groups in total. The molecular formula is C21H17N3. The third-order valence-electron chi connectivity index (χ3n) is 4.03. The molecule has 116 valence electrons. The monoisotopic (exact) mass is 311 g/mol. The number of rotatable bonds is 3. The summed E-state index contributed by atoms with van der Waals surface area (Å²) in [6.45, 7) is 0. The van der Waals surface area contributed by atoms with Gasteiger partial charge in [-0.05, 0) is 17.7 Å². The Hall–Kier alpha value is -3.33. The van der Waals surface area contributed by atoms with Gasteiger partial charge in [0.1, 0.15) is 11.5 Å². The van der Waals surface area contributed by atoms with Crippen molar-refractivity contribution in [3.8, 4) is 28.1 Å². The molecule has 3 heteroatoms. The molecule has 0 saturated carbocycles. The van der Waals surface area contributed by atoms with E-state index in [1.54, 1.807) is 0 Å². The van der Waals surface area contributed by atoms with Crippen LogP contribution in [-0.4, -0.2) is 9.78 Å². The van der Waals surface area contributed by atoms with E-state index in [1.165, 1.54) is 0 Å². The van der Waals surface area contributed by atoms with Crippen molar-refractivity contribution >= 4 is 5.82 Å². The number of hydrogen-bond donors (Lipinski definition) is 1. The van der Waals surface area contributed by atoms with Gasteiger partial charge < -0.3 is 5.73 Å². The topological polar surface area (TPSA) is 43.8 Å². The average molecular weight is 311 g/mol. The van der Waals surface area contributed by atoms with E-state index in [9.17, 15) is 0 Å². The van der Waals surface area contributed by atoms with Gasteiger partial charge in [0.15, 0.2) is 0 Å². The highest BCUT2D eigenvalue weighted by Gasteiger charge is 2.19. The molecule has 0 atom stereocenters. The predicted octanol–water partition coefficient (Wildman–Crippen LogP) is 4.79. The fourth-order valence-corrected chi connectivity index (χ4v) is 2.88. The van der Waals surface area contributed by atoms with E-state index in [1.807, 2.05) is 71.4 Å². The van der Waals surface area contributed by atoms with Crippen LogP contribution in [0.5, 0.6) is 0 Å². The first-order chi connectivity index (χ1) is 11.8. The van der Waals surface area contributed by atoms with E-state index in [-0.39, 0.29) is 0 Å². The second kappa shape index (κ2) is 6.05. The van der Waals surface area contributed by atoms with Gasteiger partial charge in [-0.15, -0.1) is 0 Å². The molecule has 3 aromatic carbocycles. The summed E-state index contributed by atoms with van der Waals surface area (Å²) in [5, 5.41) is 4.82. The van der Waals surface area contributed by atoms with Crippen molar-refractivity contribution in [2.75, 3.05) is 5.73 Å². The molecule has 0 spiro atoms. The molecule has 24 heavy (non-hydrogen) atoms. The minimum atomic E-state index is 0.645. The Morgan fingerprint density at radius 1 is 0.625 bits per heavy atom. The molecule has 1 heterocycles. The van der Waals surface area contributed by atoms with Gasteiger partial charge in [-0.25, -0.2) is 4.68 Å². The van der Waals surface area contributed by atoms with Crippen LogP contribution >= 0.6 is 0 Å². The number of hydrogen-bond acceptors (Lipinski definition) is 2. The van der Waals surface area contributed by atoms with E-state index >= 15 is 0 Å². The lowest BCUT2D eigenvalue weighted by Crippen LogP contribution is -2.01. The predicted molar refractivity (Wildman–Crippen MR) is 98.8 cm³/mol. The van der Waals surface area contributed by atoms with Crippen LogP contribution in [0.15, 0.2) is 91.0 Å². The quantitative estimate of drug-likeness (QED) is 0.591. The molecular weight excluding hydrogens is 294 g/mol. The number of aromatic nitrogens is 2. The van der Waals surface area contributed by atoms with Crippen molar-refractivity contribution < 1.29 is 0 Å². The zero-order valence-electron chi connectivity index (χ0n) is 13.1. The molecule has 0 saturated heterocycles. The smallest absolute Gasteiger partial charge is 0.135 e. The molecule has 0 aliphatic heterocycles. The first kappa shape index (κ1) is 14.3. The minimum Gasteiger partial charge on any atom is -0.383 e. The van der Waals surface area contributed by atoms with Gasteiger partial charge in [0.25, 0.3) is 0 Å². The van der Waals surface area contributed by atoms with E-state index < -0.39 is 0 Å². The van der Waals surface area contributed by atoms with Crippen molar-refractivity contribution in [2.24, 2.45) is 0 Å². The standard InChI is InChI=1S/C21H17N3/c22-21-19(16-10-4-1-5-11-16)20(17-12-6-2-7-13-17)23-24(21)18-14-8-3-9-15-18/h1-15H,22H2. The number of nitrogen functional groups attached to an aromatic ring is 1. The maximum absolute atomic E-state index is 6.51. The van der Waals surface area contributed by atoms with Crippen LogP contribution in [0.2, 0.25) is 0 Å². The van der Waals surface area contributed by atoms with Gasteiger partial charge in [0.2, 0.25) is 0 Å². The normalized spacial score (nSPS) is 10.7. The summed E-state index contributed by atoms with van der Waals surface area (Å²) in [5.74, 6) is 0.645. The molecule has 0 bridgehead atoms. The van der Waals surface area contributed by atoms with Gasteiger partial charge >= 0.3 is 0 Å². The second-order valence-electron chi connectivity index (χ2n) is 5.59. The fourth-order valence-electron chi connectivity index (χ4n) is 2.88. The van der Waals surface area contributed by atoms with Crippen LogP contribution in [-0.2, 0) is 0 Å². The van der Waals surface area contributed by atoms with E-state index in [4.69, 9.17) is 10.8 Å². The van der Waals surface area contributed by atoms with Gasteiger partial charge in [-0.1, -0.05) is 78.9 Å². The summed E-state index contributed by atoms with van der Waals surface area (Å²) in [5.41, 5.74) is 11.4. The van der Waals surface area contributed by atoms with Crippen molar-refractivity contribution in [3.05, 3.63) is 91.0 Å². The Bertz CT molecular complexity index is 943. The third kappa shape index (κ3) is 2.46. The van der Waals surface area contributed by atoms with Gasteiger partial charge in [0.05, 0.1) is 11.3 Å². The number of nitrogens with two attached hydrogens (primary N) is 1. The highest BCUT2D eigenvalue weighted by molar-refractivity contribution is 5.88.